The van der Waals surface area contributed by atoms with E-state index in [1.165, 1.54) is 0 Å². The number of azide groups is 1. The molecule has 0 saturated heterocycles. The topological polar surface area (TPSA) is 75.1 Å². The molecule has 0 amide bonds. The van der Waals surface area contributed by atoms with Crippen LogP contribution in [-0.2, 0) is 9.63 Å². The van der Waals surface area contributed by atoms with E-state index in [0.29, 0.717) is 0 Å². The molecule has 0 rings (SSSR count). The van der Waals surface area contributed by atoms with Gasteiger partial charge in [-0.2, -0.15) is 0 Å². The number of hydrogen-bond acceptors (Lipinski definition) is 3. The van der Waals surface area contributed by atoms with Gasteiger partial charge in [0.2, 0.25) is 0 Å². The first-order valence-electron chi connectivity index (χ1n) is 2.91. The van der Waals surface area contributed by atoms with E-state index in [1.807, 2.05) is 13.8 Å². The number of carbonyl (C=O) groups is 1. The Bertz CT molecular complexity index is 160. The van der Waals surface area contributed by atoms with E-state index < -0.39 is 5.97 Å². The lowest BCUT2D eigenvalue weighted by molar-refractivity contribution is -0.144. The Hall–Kier alpha value is -1.22. The molecule has 0 saturated carbocycles. The molecule has 56 valence electrons. The molecule has 0 N–H and O–H groups in total. The van der Waals surface area contributed by atoms with Crippen LogP contribution in [0.15, 0.2) is 5.28 Å². The SMILES string of the molecule is CC(C)CC(=O)ON=[N+]=[N-]. The van der Waals surface area contributed by atoms with Gasteiger partial charge in [-0.15, -0.1) is 0 Å². The van der Waals surface area contributed by atoms with Crippen LogP contribution in [0, 0.1) is 5.92 Å². The van der Waals surface area contributed by atoms with Crippen molar-refractivity contribution in [3.63, 3.8) is 0 Å². The largest absolute Gasteiger partial charge is 0.359 e. The molecule has 0 aromatic rings. The maximum absolute atomic E-state index is 10.5. The van der Waals surface area contributed by atoms with Gasteiger partial charge in [0.25, 0.3) is 0 Å². The zero-order valence-corrected chi connectivity index (χ0v) is 5.94. The first-order chi connectivity index (χ1) is 4.66. The zero-order chi connectivity index (χ0) is 7.98. The third-order valence-electron chi connectivity index (χ3n) is 0.754. The Kier molecular flexibility index (Phi) is 4.07. The highest BCUT2D eigenvalue weighted by atomic mass is 16.7. The van der Waals surface area contributed by atoms with Crippen molar-refractivity contribution in [1.29, 1.82) is 0 Å². The van der Waals surface area contributed by atoms with Gasteiger partial charge in [0, 0.05) is 11.3 Å². The van der Waals surface area contributed by atoms with Crippen molar-refractivity contribution in [3.05, 3.63) is 10.4 Å². The highest BCUT2D eigenvalue weighted by molar-refractivity contribution is 5.69. The summed E-state index contributed by atoms with van der Waals surface area (Å²) in [5.74, 6) is -0.269. The minimum Gasteiger partial charge on any atom is -0.359 e. The van der Waals surface area contributed by atoms with Gasteiger partial charge in [-0.3, -0.25) is 4.79 Å². The Labute approximate surface area is 58.6 Å². The molecule has 0 spiro atoms. The molecule has 5 nitrogen and oxygen atoms in total. The van der Waals surface area contributed by atoms with Gasteiger partial charge in [-0.05, 0) is 11.4 Å². The van der Waals surface area contributed by atoms with Gasteiger partial charge in [0.15, 0.2) is 0 Å². The van der Waals surface area contributed by atoms with E-state index in [4.69, 9.17) is 5.53 Å². The fraction of sp³-hybridized carbons (Fsp3) is 0.800. The summed E-state index contributed by atoms with van der Waals surface area (Å²) in [5, 5.41) is 2.66. The second-order valence-corrected chi connectivity index (χ2v) is 2.23. The predicted molar refractivity (Wildman–Crippen MR) is 34.7 cm³/mol. The Balaban J connectivity index is 3.54. The number of rotatable bonds is 3. The van der Waals surface area contributed by atoms with Crippen molar-refractivity contribution in [2.75, 3.05) is 0 Å². The van der Waals surface area contributed by atoms with Crippen molar-refractivity contribution in [2.45, 2.75) is 20.3 Å². The smallest absolute Gasteiger partial charge is 0.318 e. The minimum atomic E-state index is -0.493. The third kappa shape index (κ3) is 4.93. The summed E-state index contributed by atoms with van der Waals surface area (Å²) < 4.78 is 0. The first kappa shape index (κ1) is 8.78. The summed E-state index contributed by atoms with van der Waals surface area (Å²) in [7, 11) is 0. The summed E-state index contributed by atoms with van der Waals surface area (Å²) in [6, 6.07) is 0. The van der Waals surface area contributed by atoms with E-state index in [1.54, 1.807) is 0 Å². The monoisotopic (exact) mass is 143 g/mol. The molecular weight excluding hydrogens is 134 g/mol. The van der Waals surface area contributed by atoms with Gasteiger partial charge < -0.3 is 4.84 Å². The maximum atomic E-state index is 10.5. The zero-order valence-electron chi connectivity index (χ0n) is 5.94. The van der Waals surface area contributed by atoms with E-state index in [2.05, 4.69) is 15.0 Å². The molecule has 0 aliphatic rings. The first-order valence-corrected chi connectivity index (χ1v) is 2.91. The third-order valence-corrected chi connectivity index (χ3v) is 0.754. The van der Waals surface area contributed by atoms with Crippen LogP contribution in [-0.4, -0.2) is 5.97 Å². The number of carbonyl (C=O) groups excluding carboxylic acids is 1. The quantitative estimate of drug-likeness (QED) is 0.261. The Morgan fingerprint density at radius 2 is 2.40 bits per heavy atom. The summed E-state index contributed by atoms with van der Waals surface area (Å²) in [6.07, 6.45) is 0.277. The molecule has 0 aromatic heterocycles. The number of nitrogens with zero attached hydrogens (tertiary/aromatic N) is 3. The highest BCUT2D eigenvalue weighted by Gasteiger charge is 2.03. The molecule has 0 radical (unpaired) electrons. The van der Waals surface area contributed by atoms with Crippen LogP contribution in [0.1, 0.15) is 20.3 Å². The van der Waals surface area contributed by atoms with Crippen molar-refractivity contribution >= 4 is 5.97 Å². The summed E-state index contributed by atoms with van der Waals surface area (Å²) in [4.78, 5) is 16.9. The van der Waals surface area contributed by atoms with Crippen molar-refractivity contribution in [1.82, 2.24) is 0 Å². The molecule has 10 heavy (non-hydrogen) atoms. The summed E-state index contributed by atoms with van der Waals surface area (Å²) >= 11 is 0. The van der Waals surface area contributed by atoms with Crippen LogP contribution >= 0.6 is 0 Å². The van der Waals surface area contributed by atoms with Gasteiger partial charge in [0.1, 0.15) is 5.28 Å². The van der Waals surface area contributed by atoms with E-state index in [-0.39, 0.29) is 12.3 Å². The molecule has 0 bridgehead atoms. The van der Waals surface area contributed by atoms with E-state index in [0.717, 1.165) is 0 Å². The highest BCUT2D eigenvalue weighted by Crippen LogP contribution is 2.00. The minimum absolute atomic E-state index is 0.224. The normalized spacial score (nSPS) is 8.70. The average molecular weight is 143 g/mol. The fourth-order valence-electron chi connectivity index (χ4n) is 0.434. The van der Waals surface area contributed by atoms with Gasteiger partial charge in [0.05, 0.1) is 0 Å². The lowest BCUT2D eigenvalue weighted by atomic mass is 10.1. The lowest BCUT2D eigenvalue weighted by Gasteiger charge is -1.98. The van der Waals surface area contributed by atoms with Gasteiger partial charge in [-0.1, -0.05) is 13.8 Å². The van der Waals surface area contributed by atoms with Crippen LogP contribution in [0.4, 0.5) is 0 Å². The molecule has 0 fully saturated rings. The molecule has 0 aliphatic heterocycles. The Morgan fingerprint density at radius 1 is 1.80 bits per heavy atom. The second-order valence-electron chi connectivity index (χ2n) is 2.23. The lowest BCUT2D eigenvalue weighted by Crippen LogP contribution is -2.02. The molecular formula is C5H9N3O2. The van der Waals surface area contributed by atoms with Crippen LogP contribution in [0.3, 0.4) is 0 Å². The maximum Gasteiger partial charge on any atom is 0.318 e. The molecule has 0 aromatic carbocycles. The van der Waals surface area contributed by atoms with Crippen LogP contribution in [0.25, 0.3) is 10.4 Å². The average Bonchev–Trinajstić information content (AvgIpc) is 1.82. The molecule has 0 atom stereocenters. The van der Waals surface area contributed by atoms with Crippen LogP contribution in [0.2, 0.25) is 0 Å². The fourth-order valence-corrected chi connectivity index (χ4v) is 0.434. The summed E-state index contributed by atoms with van der Waals surface area (Å²) in [6.45, 7) is 3.74. The van der Waals surface area contributed by atoms with Crippen molar-refractivity contribution in [2.24, 2.45) is 11.2 Å². The second kappa shape index (κ2) is 4.64. The van der Waals surface area contributed by atoms with Gasteiger partial charge >= 0.3 is 5.97 Å². The molecule has 5 heteroatoms. The predicted octanol–water partition coefficient (Wildman–Crippen LogP) is 1.80. The van der Waals surface area contributed by atoms with E-state index in [9.17, 15) is 4.79 Å². The van der Waals surface area contributed by atoms with E-state index >= 15 is 0 Å². The molecule has 0 aliphatic carbocycles. The standard InChI is InChI=1S/C5H9N3O2/c1-4(2)3-5(9)10-8-7-6/h4H,3H2,1-2H3. The molecule has 0 unspecified atom stereocenters. The van der Waals surface area contributed by atoms with Crippen LogP contribution in [0.5, 0.6) is 0 Å². The van der Waals surface area contributed by atoms with Crippen molar-refractivity contribution in [3.8, 4) is 0 Å². The van der Waals surface area contributed by atoms with Crippen molar-refractivity contribution < 1.29 is 9.63 Å². The Morgan fingerprint density at radius 3 is 2.80 bits per heavy atom. The number of hydrogen-bond donors (Lipinski definition) is 0. The summed E-state index contributed by atoms with van der Waals surface area (Å²) in [5.41, 5.74) is 7.73. The van der Waals surface area contributed by atoms with Gasteiger partial charge in [-0.25, -0.2) is 0 Å². The van der Waals surface area contributed by atoms with Crippen LogP contribution < -0.4 is 0 Å². The molecule has 0 heterocycles.